The van der Waals surface area contributed by atoms with Crippen LogP contribution in [0.25, 0.3) is 0 Å². The van der Waals surface area contributed by atoms with E-state index in [9.17, 15) is 19.2 Å². The fraction of sp³-hybridized carbons (Fsp3) is 0.375. The van der Waals surface area contributed by atoms with E-state index in [0.717, 1.165) is 4.90 Å². The first-order valence-electron chi connectivity index (χ1n) is 7.21. The Hall–Kier alpha value is -2.70. The number of ether oxygens (including phenoxy) is 1. The van der Waals surface area contributed by atoms with Crippen molar-refractivity contribution in [1.29, 1.82) is 0 Å². The SMILES string of the molecule is CC(C)(C)OC(=O)[C@@H]1NC(=O)[C@@H]1N1C(=O)c2ccccc2C1=O. The third-order valence-electron chi connectivity index (χ3n) is 3.65. The van der Waals surface area contributed by atoms with E-state index in [2.05, 4.69) is 5.32 Å². The second-order valence-corrected chi connectivity index (χ2v) is 6.49. The molecule has 1 aromatic carbocycles. The molecule has 3 rings (SSSR count). The minimum Gasteiger partial charge on any atom is -0.458 e. The summed E-state index contributed by atoms with van der Waals surface area (Å²) < 4.78 is 5.22. The first-order valence-corrected chi connectivity index (χ1v) is 7.21. The smallest absolute Gasteiger partial charge is 0.331 e. The van der Waals surface area contributed by atoms with E-state index in [1.807, 2.05) is 0 Å². The van der Waals surface area contributed by atoms with E-state index in [-0.39, 0.29) is 11.1 Å². The molecule has 1 N–H and O–H groups in total. The van der Waals surface area contributed by atoms with E-state index in [4.69, 9.17) is 4.74 Å². The van der Waals surface area contributed by atoms with Gasteiger partial charge in [0.15, 0.2) is 6.04 Å². The number of fused-ring (bicyclic) bond motifs is 1. The molecule has 0 unspecified atom stereocenters. The molecule has 1 aromatic rings. The number of imide groups is 1. The van der Waals surface area contributed by atoms with Gasteiger partial charge in [0.1, 0.15) is 11.6 Å². The van der Waals surface area contributed by atoms with Crippen LogP contribution in [-0.2, 0) is 14.3 Å². The maximum atomic E-state index is 12.4. The number of amides is 3. The van der Waals surface area contributed by atoms with Crippen LogP contribution in [0.1, 0.15) is 41.5 Å². The van der Waals surface area contributed by atoms with Gasteiger partial charge in [-0.1, -0.05) is 12.1 Å². The van der Waals surface area contributed by atoms with E-state index < -0.39 is 41.4 Å². The van der Waals surface area contributed by atoms with Gasteiger partial charge in [0, 0.05) is 0 Å². The highest BCUT2D eigenvalue weighted by Gasteiger charge is 2.55. The molecule has 0 radical (unpaired) electrons. The highest BCUT2D eigenvalue weighted by Crippen LogP contribution is 2.29. The molecule has 23 heavy (non-hydrogen) atoms. The van der Waals surface area contributed by atoms with Crippen molar-refractivity contribution in [2.45, 2.75) is 38.5 Å². The van der Waals surface area contributed by atoms with Crippen molar-refractivity contribution >= 4 is 23.7 Å². The number of β-lactam (4-membered cyclic amide) rings is 1. The van der Waals surface area contributed by atoms with Crippen LogP contribution < -0.4 is 5.32 Å². The van der Waals surface area contributed by atoms with Crippen molar-refractivity contribution in [3.05, 3.63) is 35.4 Å². The van der Waals surface area contributed by atoms with Crippen LogP contribution in [0.15, 0.2) is 24.3 Å². The molecular formula is C16H16N2O5. The lowest BCUT2D eigenvalue weighted by Crippen LogP contribution is -2.73. The molecule has 2 aliphatic heterocycles. The van der Waals surface area contributed by atoms with Crippen molar-refractivity contribution in [3.8, 4) is 0 Å². The van der Waals surface area contributed by atoms with Crippen LogP contribution >= 0.6 is 0 Å². The predicted octanol–water partition coefficient (Wildman–Crippen LogP) is 0.491. The Kier molecular flexibility index (Phi) is 3.24. The summed E-state index contributed by atoms with van der Waals surface area (Å²) in [6.45, 7) is 5.09. The molecule has 1 fully saturated rings. The summed E-state index contributed by atoms with van der Waals surface area (Å²) in [6, 6.07) is 4.11. The zero-order valence-corrected chi connectivity index (χ0v) is 13.0. The molecule has 3 amide bonds. The van der Waals surface area contributed by atoms with Crippen molar-refractivity contribution in [2.75, 3.05) is 0 Å². The summed E-state index contributed by atoms with van der Waals surface area (Å²) in [7, 11) is 0. The van der Waals surface area contributed by atoms with E-state index in [1.165, 1.54) is 12.1 Å². The molecule has 2 atom stereocenters. The Morgan fingerprint density at radius 3 is 2.04 bits per heavy atom. The molecule has 2 aliphatic rings. The van der Waals surface area contributed by atoms with Crippen LogP contribution in [0.2, 0.25) is 0 Å². The number of hydrogen-bond acceptors (Lipinski definition) is 5. The summed E-state index contributed by atoms with van der Waals surface area (Å²) in [4.78, 5) is 49.7. The molecule has 1 saturated heterocycles. The Morgan fingerprint density at radius 1 is 1.09 bits per heavy atom. The Balaban J connectivity index is 1.87. The molecule has 0 saturated carbocycles. The molecular weight excluding hydrogens is 300 g/mol. The number of benzene rings is 1. The minimum absolute atomic E-state index is 0.236. The molecule has 0 bridgehead atoms. The number of esters is 1. The van der Waals surface area contributed by atoms with Crippen LogP contribution in [0, 0.1) is 0 Å². The van der Waals surface area contributed by atoms with Crippen molar-refractivity contribution in [1.82, 2.24) is 10.2 Å². The van der Waals surface area contributed by atoms with Gasteiger partial charge in [-0.3, -0.25) is 19.3 Å². The zero-order chi connectivity index (χ0) is 16.9. The van der Waals surface area contributed by atoms with Gasteiger partial charge in [-0.05, 0) is 32.9 Å². The number of carbonyl (C=O) groups excluding carboxylic acids is 4. The van der Waals surface area contributed by atoms with Crippen molar-refractivity contribution < 1.29 is 23.9 Å². The highest BCUT2D eigenvalue weighted by atomic mass is 16.6. The Morgan fingerprint density at radius 2 is 1.61 bits per heavy atom. The van der Waals surface area contributed by atoms with E-state index >= 15 is 0 Å². The lowest BCUT2D eigenvalue weighted by molar-refractivity contribution is -0.166. The van der Waals surface area contributed by atoms with Gasteiger partial charge in [0.05, 0.1) is 11.1 Å². The molecule has 7 nitrogen and oxygen atoms in total. The van der Waals surface area contributed by atoms with Gasteiger partial charge in [0.2, 0.25) is 5.91 Å². The van der Waals surface area contributed by atoms with Crippen molar-refractivity contribution in [3.63, 3.8) is 0 Å². The quantitative estimate of drug-likeness (QED) is 0.487. The van der Waals surface area contributed by atoms with Gasteiger partial charge in [-0.2, -0.15) is 0 Å². The van der Waals surface area contributed by atoms with E-state index in [0.29, 0.717) is 0 Å². The number of carbonyl (C=O) groups is 4. The lowest BCUT2D eigenvalue weighted by atomic mass is 9.97. The third kappa shape index (κ3) is 2.38. The first-order chi connectivity index (χ1) is 10.7. The lowest BCUT2D eigenvalue weighted by Gasteiger charge is -2.40. The second kappa shape index (κ2) is 4.91. The summed E-state index contributed by atoms with van der Waals surface area (Å²) in [5, 5.41) is 2.40. The first kappa shape index (κ1) is 15.2. The number of nitrogens with zero attached hydrogens (tertiary/aromatic N) is 1. The Labute approximate surface area is 132 Å². The number of nitrogens with one attached hydrogen (secondary N) is 1. The average Bonchev–Trinajstić information content (AvgIpc) is 2.69. The summed E-state index contributed by atoms with van der Waals surface area (Å²) in [6.07, 6.45) is 0. The predicted molar refractivity (Wildman–Crippen MR) is 78.5 cm³/mol. The van der Waals surface area contributed by atoms with E-state index in [1.54, 1.807) is 32.9 Å². The van der Waals surface area contributed by atoms with Gasteiger partial charge in [-0.25, -0.2) is 4.79 Å². The molecule has 0 aliphatic carbocycles. The van der Waals surface area contributed by atoms with Crippen LogP contribution in [-0.4, -0.2) is 46.3 Å². The normalized spacial score (nSPS) is 23.3. The van der Waals surface area contributed by atoms with Crippen LogP contribution in [0.3, 0.4) is 0 Å². The average molecular weight is 316 g/mol. The number of rotatable bonds is 2. The van der Waals surface area contributed by atoms with Gasteiger partial charge < -0.3 is 10.1 Å². The maximum Gasteiger partial charge on any atom is 0.331 e. The molecule has 0 spiro atoms. The molecule has 7 heteroatoms. The summed E-state index contributed by atoms with van der Waals surface area (Å²) in [5.74, 6) is -2.35. The van der Waals surface area contributed by atoms with Gasteiger partial charge >= 0.3 is 5.97 Å². The fourth-order valence-corrected chi connectivity index (χ4v) is 2.65. The van der Waals surface area contributed by atoms with Crippen LogP contribution in [0.5, 0.6) is 0 Å². The summed E-state index contributed by atoms with van der Waals surface area (Å²) >= 11 is 0. The fourth-order valence-electron chi connectivity index (χ4n) is 2.65. The van der Waals surface area contributed by atoms with Gasteiger partial charge in [0.25, 0.3) is 11.8 Å². The standard InChI is InChI=1S/C16H16N2O5/c1-16(2,3)23-15(22)10-11(12(19)17-10)18-13(20)8-6-4-5-7-9(8)14(18)21/h4-7,10-11H,1-3H3,(H,17,19)/t10-,11-/m1/s1. The topological polar surface area (TPSA) is 92.8 Å². The van der Waals surface area contributed by atoms with Gasteiger partial charge in [-0.15, -0.1) is 0 Å². The zero-order valence-electron chi connectivity index (χ0n) is 13.0. The van der Waals surface area contributed by atoms with Crippen molar-refractivity contribution in [2.24, 2.45) is 0 Å². The molecule has 120 valence electrons. The maximum absolute atomic E-state index is 12.4. The second-order valence-electron chi connectivity index (χ2n) is 6.49. The largest absolute Gasteiger partial charge is 0.458 e. The molecule has 2 heterocycles. The highest BCUT2D eigenvalue weighted by molar-refractivity contribution is 6.24. The monoisotopic (exact) mass is 316 g/mol. The number of hydrogen-bond donors (Lipinski definition) is 1. The molecule has 0 aromatic heterocycles. The third-order valence-corrected chi connectivity index (χ3v) is 3.65. The Bertz CT molecular complexity index is 699. The minimum atomic E-state index is -1.17. The van der Waals surface area contributed by atoms with Crippen LogP contribution in [0.4, 0.5) is 0 Å². The summed E-state index contributed by atoms with van der Waals surface area (Å²) in [5.41, 5.74) is -0.260.